The summed E-state index contributed by atoms with van der Waals surface area (Å²) in [5, 5.41) is 2.98. The second kappa shape index (κ2) is 8.17. The first-order valence-corrected chi connectivity index (χ1v) is 8.98. The number of nitrogens with one attached hydrogen (secondary N) is 1. The number of anilines is 1. The van der Waals surface area contributed by atoms with Crippen LogP contribution in [0.5, 0.6) is 5.75 Å². The Morgan fingerprint density at radius 3 is 2.80 bits per heavy atom. The number of nitrogens with zero attached hydrogens (tertiary/aromatic N) is 1. The van der Waals surface area contributed by atoms with Crippen LogP contribution in [0, 0.1) is 0 Å². The molecule has 0 spiro atoms. The quantitative estimate of drug-likeness (QED) is 0.864. The second-order valence-corrected chi connectivity index (χ2v) is 6.50. The van der Waals surface area contributed by atoms with Gasteiger partial charge >= 0.3 is 0 Å². The normalized spacial score (nSPS) is 16.4. The Bertz CT molecular complexity index is 729. The average Bonchev–Trinajstić information content (AvgIpc) is 2.63. The number of aryl methyl sites for hydroxylation is 1. The SMILES string of the molecule is CCOc1ccccc1NC(=O)CN(C)C1CCCc2ccccc21. The van der Waals surface area contributed by atoms with E-state index in [1.165, 1.54) is 17.5 Å². The van der Waals surface area contributed by atoms with E-state index in [2.05, 4.69) is 34.5 Å². The van der Waals surface area contributed by atoms with Gasteiger partial charge in [-0.1, -0.05) is 36.4 Å². The summed E-state index contributed by atoms with van der Waals surface area (Å²) in [5.41, 5.74) is 3.50. The van der Waals surface area contributed by atoms with Crippen molar-refractivity contribution in [2.75, 3.05) is 25.5 Å². The summed E-state index contributed by atoms with van der Waals surface area (Å²) in [6.07, 6.45) is 3.39. The number of benzene rings is 2. The Labute approximate surface area is 149 Å². The molecule has 0 aliphatic heterocycles. The van der Waals surface area contributed by atoms with E-state index in [0.29, 0.717) is 24.9 Å². The zero-order valence-corrected chi connectivity index (χ0v) is 15.0. The molecule has 0 saturated carbocycles. The van der Waals surface area contributed by atoms with E-state index in [9.17, 15) is 4.79 Å². The molecule has 0 saturated heterocycles. The molecule has 2 aromatic rings. The Balaban J connectivity index is 1.66. The van der Waals surface area contributed by atoms with Gasteiger partial charge in [-0.2, -0.15) is 0 Å². The minimum absolute atomic E-state index is 0.0160. The van der Waals surface area contributed by atoms with Crippen LogP contribution in [-0.2, 0) is 11.2 Å². The van der Waals surface area contributed by atoms with Crippen molar-refractivity contribution in [3.05, 3.63) is 59.7 Å². The Hall–Kier alpha value is -2.33. The molecule has 0 aromatic heterocycles. The molecular weight excluding hydrogens is 312 g/mol. The van der Waals surface area contributed by atoms with Crippen molar-refractivity contribution in [2.45, 2.75) is 32.2 Å². The third kappa shape index (κ3) is 4.20. The van der Waals surface area contributed by atoms with Crippen molar-refractivity contribution in [1.29, 1.82) is 0 Å². The maximum absolute atomic E-state index is 12.5. The molecule has 4 heteroatoms. The van der Waals surface area contributed by atoms with Crippen molar-refractivity contribution in [1.82, 2.24) is 4.90 Å². The van der Waals surface area contributed by atoms with Crippen LogP contribution in [0.25, 0.3) is 0 Å². The van der Waals surface area contributed by atoms with E-state index in [1.54, 1.807) is 0 Å². The summed E-state index contributed by atoms with van der Waals surface area (Å²) in [7, 11) is 2.03. The summed E-state index contributed by atoms with van der Waals surface area (Å²) >= 11 is 0. The fourth-order valence-corrected chi connectivity index (χ4v) is 3.56. The number of fused-ring (bicyclic) bond motifs is 1. The van der Waals surface area contributed by atoms with Crippen LogP contribution >= 0.6 is 0 Å². The average molecular weight is 338 g/mol. The minimum Gasteiger partial charge on any atom is -0.492 e. The van der Waals surface area contributed by atoms with Crippen LogP contribution in [0.1, 0.15) is 36.9 Å². The number of ether oxygens (including phenoxy) is 1. The van der Waals surface area contributed by atoms with Gasteiger partial charge in [0, 0.05) is 6.04 Å². The molecule has 0 heterocycles. The molecule has 1 atom stereocenters. The van der Waals surface area contributed by atoms with E-state index in [4.69, 9.17) is 4.74 Å². The molecule has 3 rings (SSSR count). The lowest BCUT2D eigenvalue weighted by atomic mass is 9.87. The van der Waals surface area contributed by atoms with Crippen molar-refractivity contribution >= 4 is 11.6 Å². The van der Waals surface area contributed by atoms with Crippen LogP contribution in [0.3, 0.4) is 0 Å². The van der Waals surface area contributed by atoms with E-state index in [1.807, 2.05) is 38.2 Å². The summed E-state index contributed by atoms with van der Waals surface area (Å²) in [6.45, 7) is 2.87. The number of carbonyl (C=O) groups excluding carboxylic acids is 1. The predicted molar refractivity (Wildman–Crippen MR) is 101 cm³/mol. The molecule has 0 bridgehead atoms. The number of carbonyl (C=O) groups is 1. The highest BCUT2D eigenvalue weighted by molar-refractivity contribution is 5.93. The summed E-state index contributed by atoms with van der Waals surface area (Å²) in [4.78, 5) is 14.7. The standard InChI is InChI=1S/C21H26N2O2/c1-3-25-20-14-7-6-12-18(20)22-21(24)15-23(2)19-13-8-10-16-9-4-5-11-17(16)19/h4-7,9,11-12,14,19H,3,8,10,13,15H2,1-2H3,(H,22,24). The Morgan fingerprint density at radius 1 is 1.20 bits per heavy atom. The first kappa shape index (κ1) is 17.5. The third-order valence-corrected chi connectivity index (χ3v) is 4.72. The van der Waals surface area contributed by atoms with E-state index >= 15 is 0 Å². The van der Waals surface area contributed by atoms with Gasteiger partial charge in [0.15, 0.2) is 0 Å². The summed E-state index contributed by atoms with van der Waals surface area (Å²) in [6, 6.07) is 16.4. The lowest BCUT2D eigenvalue weighted by Gasteiger charge is -2.32. The van der Waals surface area contributed by atoms with Crippen molar-refractivity contribution in [3.8, 4) is 5.75 Å². The van der Waals surface area contributed by atoms with Gasteiger partial charge in [0.2, 0.25) is 5.91 Å². The number of likely N-dealkylation sites (N-methyl/N-ethyl adjacent to an activating group) is 1. The molecule has 1 aliphatic rings. The lowest BCUT2D eigenvalue weighted by Crippen LogP contribution is -2.35. The van der Waals surface area contributed by atoms with Gasteiger partial charge in [-0.05, 0) is 56.5 Å². The van der Waals surface area contributed by atoms with E-state index in [0.717, 1.165) is 18.5 Å². The summed E-state index contributed by atoms with van der Waals surface area (Å²) < 4.78 is 5.58. The van der Waals surface area contributed by atoms with Gasteiger partial charge in [-0.15, -0.1) is 0 Å². The fraction of sp³-hybridized carbons (Fsp3) is 0.381. The first-order chi connectivity index (χ1) is 12.2. The van der Waals surface area contributed by atoms with Gasteiger partial charge in [0.05, 0.1) is 18.8 Å². The molecule has 0 fully saturated rings. The second-order valence-electron chi connectivity index (χ2n) is 6.50. The van der Waals surface area contributed by atoms with E-state index < -0.39 is 0 Å². The van der Waals surface area contributed by atoms with Gasteiger partial charge in [0.25, 0.3) is 0 Å². The van der Waals surface area contributed by atoms with Crippen LogP contribution in [0.2, 0.25) is 0 Å². The van der Waals surface area contributed by atoms with Gasteiger partial charge in [0.1, 0.15) is 5.75 Å². The van der Waals surface area contributed by atoms with Crippen molar-refractivity contribution in [3.63, 3.8) is 0 Å². The Kier molecular flexibility index (Phi) is 5.71. The minimum atomic E-state index is -0.0160. The highest BCUT2D eigenvalue weighted by Crippen LogP contribution is 2.33. The zero-order chi connectivity index (χ0) is 17.6. The van der Waals surface area contributed by atoms with E-state index in [-0.39, 0.29) is 5.91 Å². The first-order valence-electron chi connectivity index (χ1n) is 8.98. The predicted octanol–water partition coefficient (Wildman–Crippen LogP) is 4.03. The molecule has 1 unspecified atom stereocenters. The fourth-order valence-electron chi connectivity index (χ4n) is 3.56. The van der Waals surface area contributed by atoms with Gasteiger partial charge in [-0.25, -0.2) is 0 Å². The number of amides is 1. The largest absolute Gasteiger partial charge is 0.492 e. The number of hydrogen-bond donors (Lipinski definition) is 1. The molecule has 4 nitrogen and oxygen atoms in total. The maximum Gasteiger partial charge on any atom is 0.238 e. The maximum atomic E-state index is 12.5. The monoisotopic (exact) mass is 338 g/mol. The molecule has 1 aliphatic carbocycles. The van der Waals surface area contributed by atoms with Crippen molar-refractivity contribution < 1.29 is 9.53 Å². The van der Waals surface area contributed by atoms with Crippen LogP contribution in [0.4, 0.5) is 5.69 Å². The molecular formula is C21H26N2O2. The summed E-state index contributed by atoms with van der Waals surface area (Å²) in [5.74, 6) is 0.696. The van der Waals surface area contributed by atoms with Crippen LogP contribution in [0.15, 0.2) is 48.5 Å². The van der Waals surface area contributed by atoms with Crippen LogP contribution < -0.4 is 10.1 Å². The molecule has 25 heavy (non-hydrogen) atoms. The zero-order valence-electron chi connectivity index (χ0n) is 15.0. The highest BCUT2D eigenvalue weighted by Gasteiger charge is 2.24. The third-order valence-electron chi connectivity index (χ3n) is 4.72. The number of hydrogen-bond acceptors (Lipinski definition) is 3. The number of para-hydroxylation sites is 2. The molecule has 2 aromatic carbocycles. The molecule has 132 valence electrons. The lowest BCUT2D eigenvalue weighted by molar-refractivity contribution is -0.117. The molecule has 1 N–H and O–H groups in total. The Morgan fingerprint density at radius 2 is 1.96 bits per heavy atom. The smallest absolute Gasteiger partial charge is 0.238 e. The number of rotatable bonds is 6. The molecule has 0 radical (unpaired) electrons. The van der Waals surface area contributed by atoms with Gasteiger partial charge < -0.3 is 10.1 Å². The van der Waals surface area contributed by atoms with Crippen LogP contribution in [-0.4, -0.2) is 31.0 Å². The molecule has 1 amide bonds. The topological polar surface area (TPSA) is 41.6 Å². The van der Waals surface area contributed by atoms with Crippen molar-refractivity contribution in [2.24, 2.45) is 0 Å². The highest BCUT2D eigenvalue weighted by atomic mass is 16.5. The van der Waals surface area contributed by atoms with Gasteiger partial charge in [-0.3, -0.25) is 9.69 Å².